The molecular weight excluding hydrogens is 420 g/mol. The van der Waals surface area contributed by atoms with E-state index >= 15 is 0 Å². The van der Waals surface area contributed by atoms with E-state index in [1.165, 1.54) is 4.68 Å². The van der Waals surface area contributed by atoms with Crippen LogP contribution in [0.2, 0.25) is 0 Å². The molecule has 166 valence electrons. The minimum Gasteiger partial charge on any atom is -0.347 e. The molecule has 4 rings (SSSR count). The lowest BCUT2D eigenvalue weighted by atomic mass is 10.0. The molecule has 0 fully saturated rings. The molecule has 2 amide bonds. The Kier molecular flexibility index (Phi) is 6.40. The number of amides is 2. The van der Waals surface area contributed by atoms with Gasteiger partial charge in [-0.2, -0.15) is 5.10 Å². The summed E-state index contributed by atoms with van der Waals surface area (Å²) in [7, 11) is 0. The van der Waals surface area contributed by atoms with Crippen LogP contribution in [0.5, 0.6) is 0 Å². The normalized spacial score (nSPS) is 12.5. The van der Waals surface area contributed by atoms with Gasteiger partial charge in [-0.3, -0.25) is 19.4 Å². The highest BCUT2D eigenvalue weighted by atomic mass is 16.2. The second-order valence-electron chi connectivity index (χ2n) is 7.36. The fraction of sp³-hybridized carbons (Fsp3) is 0.125. The number of nitrogens with zero attached hydrogens (tertiary/aromatic N) is 3. The van der Waals surface area contributed by atoms with Crippen LogP contribution in [0.3, 0.4) is 0 Å². The molecule has 4 aromatic rings. The predicted octanol–water partition coefficient (Wildman–Crippen LogP) is 2.30. The number of carbonyl (C=O) groups excluding carboxylic acids is 2. The number of nitrogens with one attached hydrogen (secondary N) is 3. The van der Waals surface area contributed by atoms with Crippen molar-refractivity contribution in [3.63, 3.8) is 0 Å². The summed E-state index contributed by atoms with van der Waals surface area (Å²) in [5.41, 5.74) is 0.661. The van der Waals surface area contributed by atoms with Crippen molar-refractivity contribution in [3.8, 4) is 5.95 Å². The van der Waals surface area contributed by atoms with E-state index in [0.717, 1.165) is 11.8 Å². The van der Waals surface area contributed by atoms with Crippen LogP contribution in [0.1, 0.15) is 40.5 Å². The summed E-state index contributed by atoms with van der Waals surface area (Å²) >= 11 is 0. The third-order valence-electron chi connectivity index (χ3n) is 5.08. The Hall–Kier alpha value is -4.53. The minimum atomic E-state index is -1.00. The molecule has 2 heterocycles. The van der Waals surface area contributed by atoms with E-state index in [2.05, 4.69) is 25.7 Å². The summed E-state index contributed by atoms with van der Waals surface area (Å²) in [6, 6.07) is 18.7. The first kappa shape index (κ1) is 21.7. The Labute approximate surface area is 189 Å². The first-order chi connectivity index (χ1) is 16.0. The first-order valence-electron chi connectivity index (χ1n) is 10.3. The standard InChI is InChI=1S/C24H22N6O3/c1-16(17-9-4-2-5-10-17)27-23(33)20(18-11-6-3-7-12-18)28-21(31)19-15-25-24(29-22(19)32)30-14-8-13-26-30/h2-16,20H,1H3,(H,27,33)(H,28,31)(H,25,29,32)/t16-,20-/m1/s1. The number of carbonyl (C=O) groups is 2. The maximum Gasteiger partial charge on any atom is 0.265 e. The second-order valence-corrected chi connectivity index (χ2v) is 7.36. The summed E-state index contributed by atoms with van der Waals surface area (Å²) in [6.07, 6.45) is 4.32. The van der Waals surface area contributed by atoms with Crippen molar-refractivity contribution in [1.29, 1.82) is 0 Å². The molecule has 0 unspecified atom stereocenters. The third kappa shape index (κ3) is 5.04. The van der Waals surface area contributed by atoms with Crippen LogP contribution in [0.15, 0.2) is 90.1 Å². The number of benzene rings is 2. The lowest BCUT2D eigenvalue weighted by Gasteiger charge is -2.22. The van der Waals surface area contributed by atoms with E-state index in [9.17, 15) is 14.4 Å². The fourth-order valence-corrected chi connectivity index (χ4v) is 3.33. The van der Waals surface area contributed by atoms with Gasteiger partial charge in [0, 0.05) is 18.6 Å². The van der Waals surface area contributed by atoms with Crippen molar-refractivity contribution >= 4 is 11.8 Å². The van der Waals surface area contributed by atoms with Crippen LogP contribution >= 0.6 is 0 Å². The third-order valence-corrected chi connectivity index (χ3v) is 5.08. The number of aromatic nitrogens is 4. The van der Waals surface area contributed by atoms with E-state index < -0.39 is 23.4 Å². The van der Waals surface area contributed by atoms with Crippen molar-refractivity contribution in [3.05, 3.63) is 112 Å². The van der Waals surface area contributed by atoms with Crippen LogP contribution in [0, 0.1) is 0 Å². The summed E-state index contributed by atoms with van der Waals surface area (Å²) in [6.45, 7) is 1.86. The smallest absolute Gasteiger partial charge is 0.265 e. The Balaban J connectivity index is 1.56. The quantitative estimate of drug-likeness (QED) is 0.405. The molecule has 0 aliphatic heterocycles. The Morgan fingerprint density at radius 2 is 1.61 bits per heavy atom. The van der Waals surface area contributed by atoms with Crippen molar-refractivity contribution in [1.82, 2.24) is 30.4 Å². The predicted molar refractivity (Wildman–Crippen MR) is 122 cm³/mol. The van der Waals surface area contributed by atoms with Gasteiger partial charge in [0.15, 0.2) is 0 Å². The van der Waals surface area contributed by atoms with Gasteiger partial charge in [-0.1, -0.05) is 60.7 Å². The van der Waals surface area contributed by atoms with Crippen molar-refractivity contribution in [2.45, 2.75) is 19.0 Å². The molecule has 0 aliphatic carbocycles. The summed E-state index contributed by atoms with van der Waals surface area (Å²) in [4.78, 5) is 45.2. The lowest BCUT2D eigenvalue weighted by Crippen LogP contribution is -2.42. The highest BCUT2D eigenvalue weighted by Gasteiger charge is 2.26. The van der Waals surface area contributed by atoms with Gasteiger partial charge in [0.1, 0.15) is 11.6 Å². The molecule has 2 atom stereocenters. The van der Waals surface area contributed by atoms with Crippen molar-refractivity contribution in [2.75, 3.05) is 0 Å². The maximum atomic E-state index is 13.1. The monoisotopic (exact) mass is 442 g/mol. The van der Waals surface area contributed by atoms with Crippen molar-refractivity contribution < 1.29 is 9.59 Å². The maximum absolute atomic E-state index is 13.1. The van der Waals surface area contributed by atoms with Crippen LogP contribution in [0.25, 0.3) is 5.95 Å². The molecule has 0 bridgehead atoms. The van der Waals surface area contributed by atoms with E-state index in [0.29, 0.717) is 5.56 Å². The van der Waals surface area contributed by atoms with E-state index in [1.54, 1.807) is 42.7 Å². The summed E-state index contributed by atoms with van der Waals surface area (Å²) in [5.74, 6) is -0.939. The van der Waals surface area contributed by atoms with Gasteiger partial charge in [0.2, 0.25) is 11.9 Å². The molecule has 0 saturated carbocycles. The zero-order valence-corrected chi connectivity index (χ0v) is 17.8. The molecule has 2 aromatic carbocycles. The molecule has 33 heavy (non-hydrogen) atoms. The fourth-order valence-electron chi connectivity index (χ4n) is 3.33. The molecule has 2 aromatic heterocycles. The summed E-state index contributed by atoms with van der Waals surface area (Å²) < 4.78 is 1.37. The molecule has 3 N–H and O–H groups in total. The number of aromatic amines is 1. The molecule has 0 aliphatic rings. The number of H-pyrrole nitrogens is 1. The van der Waals surface area contributed by atoms with Gasteiger partial charge in [0.25, 0.3) is 11.5 Å². The topological polar surface area (TPSA) is 122 Å². The van der Waals surface area contributed by atoms with Gasteiger partial charge < -0.3 is 10.6 Å². The zero-order chi connectivity index (χ0) is 23.2. The molecule has 9 heteroatoms. The van der Waals surface area contributed by atoms with E-state index in [4.69, 9.17) is 0 Å². The molecule has 0 spiro atoms. The van der Waals surface area contributed by atoms with E-state index in [1.807, 2.05) is 43.3 Å². The van der Waals surface area contributed by atoms with Crippen LogP contribution < -0.4 is 16.2 Å². The zero-order valence-electron chi connectivity index (χ0n) is 17.8. The van der Waals surface area contributed by atoms with Gasteiger partial charge in [-0.05, 0) is 24.1 Å². The van der Waals surface area contributed by atoms with Gasteiger partial charge >= 0.3 is 0 Å². The van der Waals surface area contributed by atoms with E-state index in [-0.39, 0.29) is 17.6 Å². The van der Waals surface area contributed by atoms with Crippen LogP contribution in [-0.2, 0) is 4.79 Å². The molecular formula is C24H22N6O3. The highest BCUT2D eigenvalue weighted by Crippen LogP contribution is 2.17. The average Bonchev–Trinajstić information content (AvgIpc) is 3.38. The second kappa shape index (κ2) is 9.73. The Bertz CT molecular complexity index is 1290. The summed E-state index contributed by atoms with van der Waals surface area (Å²) in [5, 5.41) is 9.59. The number of hydrogen-bond donors (Lipinski definition) is 3. The van der Waals surface area contributed by atoms with Crippen LogP contribution in [-0.4, -0.2) is 31.6 Å². The first-order valence-corrected chi connectivity index (χ1v) is 10.3. The number of hydrogen-bond acceptors (Lipinski definition) is 5. The minimum absolute atomic E-state index is 0.176. The van der Waals surface area contributed by atoms with Gasteiger partial charge in [-0.25, -0.2) is 9.67 Å². The average molecular weight is 442 g/mol. The molecule has 0 saturated heterocycles. The van der Waals surface area contributed by atoms with Gasteiger partial charge in [0.05, 0.1) is 6.04 Å². The van der Waals surface area contributed by atoms with Crippen LogP contribution in [0.4, 0.5) is 0 Å². The molecule has 0 radical (unpaired) electrons. The Morgan fingerprint density at radius 1 is 0.939 bits per heavy atom. The largest absolute Gasteiger partial charge is 0.347 e. The number of rotatable bonds is 7. The highest BCUT2D eigenvalue weighted by molar-refractivity contribution is 5.97. The van der Waals surface area contributed by atoms with Gasteiger partial charge in [-0.15, -0.1) is 0 Å². The van der Waals surface area contributed by atoms with Crippen molar-refractivity contribution in [2.24, 2.45) is 0 Å². The Morgan fingerprint density at radius 3 is 2.21 bits per heavy atom. The molecule has 9 nitrogen and oxygen atoms in total. The lowest BCUT2D eigenvalue weighted by molar-refractivity contribution is -0.123. The SMILES string of the molecule is C[C@@H](NC(=O)[C@H](NC(=O)c1cnc(-n2cccn2)[nH]c1=O)c1ccccc1)c1ccccc1.